The minimum absolute atomic E-state index is 0.0155. The Balaban J connectivity index is 1.56. The number of para-hydroxylation sites is 1. The second kappa shape index (κ2) is 6.23. The Kier molecular flexibility index (Phi) is 4.15. The third kappa shape index (κ3) is 3.30. The van der Waals surface area contributed by atoms with Gasteiger partial charge in [-0.15, -0.1) is 11.8 Å². The van der Waals surface area contributed by atoms with Crippen molar-refractivity contribution in [3.05, 3.63) is 41.8 Å². The number of hydrogen-bond acceptors (Lipinski definition) is 6. The number of esters is 1. The molecule has 0 unspecified atom stereocenters. The number of hydrogen-bond donors (Lipinski definition) is 1. The maximum Gasteiger partial charge on any atom is 0.307 e. The molecule has 0 saturated heterocycles. The molecule has 2 heterocycles. The molecule has 6 nitrogen and oxygen atoms in total. The third-order valence-corrected chi connectivity index (χ3v) is 4.39. The highest BCUT2D eigenvalue weighted by Crippen LogP contribution is 2.36. The van der Waals surface area contributed by atoms with Crippen molar-refractivity contribution in [1.82, 2.24) is 5.16 Å². The van der Waals surface area contributed by atoms with Crippen LogP contribution < -0.4 is 5.32 Å². The SMILES string of the molecule is Cc1cc(COC(=O)C[C@H]2Sc3ccccc3NC2=O)no1. The first kappa shape index (κ1) is 14.6. The molecule has 0 spiro atoms. The first-order valence-electron chi connectivity index (χ1n) is 6.76. The molecular formula is C15H14N2O4S. The fraction of sp³-hybridized carbons (Fsp3) is 0.267. The summed E-state index contributed by atoms with van der Waals surface area (Å²) in [6, 6.07) is 9.20. The summed E-state index contributed by atoms with van der Waals surface area (Å²) < 4.78 is 10.0. The van der Waals surface area contributed by atoms with Gasteiger partial charge in [0.15, 0.2) is 0 Å². The lowest BCUT2D eigenvalue weighted by Gasteiger charge is -2.23. The number of anilines is 1. The molecule has 1 aromatic heterocycles. The predicted octanol–water partition coefficient (Wildman–Crippen LogP) is 2.53. The number of nitrogens with zero attached hydrogens (tertiary/aromatic N) is 1. The number of thioether (sulfide) groups is 1. The number of rotatable bonds is 4. The monoisotopic (exact) mass is 318 g/mol. The van der Waals surface area contributed by atoms with Crippen molar-refractivity contribution in [2.24, 2.45) is 0 Å². The number of benzene rings is 1. The third-order valence-electron chi connectivity index (χ3n) is 3.12. The Morgan fingerprint density at radius 3 is 3.05 bits per heavy atom. The molecule has 1 aliphatic rings. The van der Waals surface area contributed by atoms with Gasteiger partial charge in [-0.1, -0.05) is 17.3 Å². The molecule has 1 N–H and O–H groups in total. The van der Waals surface area contributed by atoms with Crippen molar-refractivity contribution in [1.29, 1.82) is 0 Å². The van der Waals surface area contributed by atoms with Gasteiger partial charge in [0.1, 0.15) is 18.1 Å². The number of fused-ring (bicyclic) bond motifs is 1. The standard InChI is InChI=1S/C15H14N2O4S/c1-9-6-10(17-21-9)8-20-14(18)7-13-15(19)16-11-4-2-3-5-12(11)22-13/h2-6,13H,7-8H2,1H3,(H,16,19)/t13-/m1/s1. The summed E-state index contributed by atoms with van der Waals surface area (Å²) in [7, 11) is 0. The molecule has 1 atom stereocenters. The Morgan fingerprint density at radius 1 is 1.45 bits per heavy atom. The van der Waals surface area contributed by atoms with Gasteiger partial charge >= 0.3 is 5.97 Å². The van der Waals surface area contributed by atoms with Gasteiger partial charge in [0.2, 0.25) is 5.91 Å². The minimum Gasteiger partial charge on any atom is -0.459 e. The zero-order valence-electron chi connectivity index (χ0n) is 11.9. The number of aryl methyl sites for hydroxylation is 1. The summed E-state index contributed by atoms with van der Waals surface area (Å²) in [5, 5.41) is 6.06. The number of aromatic nitrogens is 1. The quantitative estimate of drug-likeness (QED) is 0.872. The topological polar surface area (TPSA) is 81.4 Å². The van der Waals surface area contributed by atoms with Crippen molar-refractivity contribution >= 4 is 29.3 Å². The van der Waals surface area contributed by atoms with Gasteiger partial charge < -0.3 is 14.6 Å². The normalized spacial score (nSPS) is 16.8. The fourth-order valence-corrected chi connectivity index (χ4v) is 3.17. The maximum atomic E-state index is 12.0. The zero-order valence-corrected chi connectivity index (χ0v) is 12.7. The van der Waals surface area contributed by atoms with Crippen LogP contribution in [0.25, 0.3) is 0 Å². The number of ether oxygens (including phenoxy) is 1. The summed E-state index contributed by atoms with van der Waals surface area (Å²) in [5.41, 5.74) is 1.33. The van der Waals surface area contributed by atoms with E-state index in [-0.39, 0.29) is 18.9 Å². The van der Waals surface area contributed by atoms with E-state index in [0.29, 0.717) is 11.5 Å². The van der Waals surface area contributed by atoms with Crippen LogP contribution in [0.4, 0.5) is 5.69 Å². The van der Waals surface area contributed by atoms with Crippen LogP contribution in [0.5, 0.6) is 0 Å². The van der Waals surface area contributed by atoms with Crippen molar-refractivity contribution in [2.75, 3.05) is 5.32 Å². The van der Waals surface area contributed by atoms with Gasteiger partial charge in [-0.05, 0) is 19.1 Å². The molecule has 0 aliphatic carbocycles. The highest BCUT2D eigenvalue weighted by atomic mass is 32.2. The van der Waals surface area contributed by atoms with E-state index < -0.39 is 11.2 Å². The summed E-state index contributed by atoms with van der Waals surface area (Å²) in [4.78, 5) is 24.8. The van der Waals surface area contributed by atoms with Gasteiger partial charge in [-0.2, -0.15) is 0 Å². The van der Waals surface area contributed by atoms with Crippen molar-refractivity contribution in [2.45, 2.75) is 30.1 Å². The second-order valence-corrected chi connectivity index (χ2v) is 6.13. The van der Waals surface area contributed by atoms with E-state index in [4.69, 9.17) is 9.26 Å². The van der Waals surface area contributed by atoms with Gasteiger partial charge in [0.25, 0.3) is 0 Å². The van der Waals surface area contributed by atoms with E-state index >= 15 is 0 Å². The molecule has 114 valence electrons. The van der Waals surface area contributed by atoms with Crippen molar-refractivity contribution < 1.29 is 18.8 Å². The van der Waals surface area contributed by atoms with Crippen LogP contribution in [0, 0.1) is 6.92 Å². The smallest absolute Gasteiger partial charge is 0.307 e. The summed E-state index contributed by atoms with van der Waals surface area (Å²) in [6.07, 6.45) is 0.0155. The van der Waals surface area contributed by atoms with E-state index in [1.807, 2.05) is 24.3 Å². The van der Waals surface area contributed by atoms with Gasteiger partial charge in [0, 0.05) is 11.0 Å². The Labute approximate surface area is 131 Å². The highest BCUT2D eigenvalue weighted by Gasteiger charge is 2.29. The number of carbonyl (C=O) groups excluding carboxylic acids is 2. The van der Waals surface area contributed by atoms with E-state index in [0.717, 1.165) is 10.6 Å². The van der Waals surface area contributed by atoms with E-state index in [9.17, 15) is 9.59 Å². The molecule has 3 rings (SSSR count). The van der Waals surface area contributed by atoms with E-state index in [2.05, 4.69) is 10.5 Å². The molecule has 1 aromatic carbocycles. The Morgan fingerprint density at radius 2 is 2.27 bits per heavy atom. The average molecular weight is 318 g/mol. The van der Waals surface area contributed by atoms with Crippen LogP contribution in [0.1, 0.15) is 17.9 Å². The molecule has 0 saturated carbocycles. The summed E-state index contributed by atoms with van der Waals surface area (Å²) >= 11 is 1.37. The van der Waals surface area contributed by atoms with Crippen LogP contribution in [-0.2, 0) is 20.9 Å². The van der Waals surface area contributed by atoms with Gasteiger partial charge in [0.05, 0.1) is 17.4 Å². The van der Waals surface area contributed by atoms with Crippen LogP contribution in [0.3, 0.4) is 0 Å². The lowest BCUT2D eigenvalue weighted by atomic mass is 10.2. The lowest BCUT2D eigenvalue weighted by molar-refractivity contribution is -0.145. The van der Waals surface area contributed by atoms with Crippen molar-refractivity contribution in [3.8, 4) is 0 Å². The minimum atomic E-state index is -0.485. The van der Waals surface area contributed by atoms with Crippen LogP contribution in [0.15, 0.2) is 39.8 Å². The summed E-state index contributed by atoms with van der Waals surface area (Å²) in [6.45, 7) is 1.81. The Bertz CT molecular complexity index is 713. The molecule has 1 amide bonds. The van der Waals surface area contributed by atoms with Crippen LogP contribution >= 0.6 is 11.8 Å². The molecular weight excluding hydrogens is 304 g/mol. The fourth-order valence-electron chi connectivity index (χ4n) is 2.08. The molecule has 1 aliphatic heterocycles. The van der Waals surface area contributed by atoms with Crippen LogP contribution in [0.2, 0.25) is 0 Å². The second-order valence-electron chi connectivity index (χ2n) is 4.89. The first-order chi connectivity index (χ1) is 10.6. The Hall–Kier alpha value is -2.28. The van der Waals surface area contributed by atoms with Crippen LogP contribution in [-0.4, -0.2) is 22.3 Å². The molecule has 2 aromatic rings. The number of amides is 1. The number of nitrogens with one attached hydrogen (secondary N) is 1. The number of carbonyl (C=O) groups is 2. The highest BCUT2D eigenvalue weighted by molar-refractivity contribution is 8.01. The molecule has 0 radical (unpaired) electrons. The van der Waals surface area contributed by atoms with E-state index in [1.165, 1.54) is 11.8 Å². The average Bonchev–Trinajstić information content (AvgIpc) is 2.91. The largest absolute Gasteiger partial charge is 0.459 e. The zero-order chi connectivity index (χ0) is 15.5. The van der Waals surface area contributed by atoms with Crippen molar-refractivity contribution in [3.63, 3.8) is 0 Å². The molecule has 0 bridgehead atoms. The molecule has 0 fully saturated rings. The maximum absolute atomic E-state index is 12.0. The summed E-state index contributed by atoms with van der Waals surface area (Å²) in [5.74, 6) is 0.0375. The molecule has 7 heteroatoms. The predicted molar refractivity (Wildman–Crippen MR) is 80.4 cm³/mol. The van der Waals surface area contributed by atoms with Gasteiger partial charge in [-0.25, -0.2) is 0 Å². The first-order valence-corrected chi connectivity index (χ1v) is 7.64. The molecule has 22 heavy (non-hydrogen) atoms. The van der Waals surface area contributed by atoms with Gasteiger partial charge in [-0.3, -0.25) is 9.59 Å². The lowest BCUT2D eigenvalue weighted by Crippen LogP contribution is -2.31. The van der Waals surface area contributed by atoms with E-state index in [1.54, 1.807) is 13.0 Å².